The molecule has 0 aliphatic carbocycles. The standard InChI is InChI=1S/C12H28N6O3S2/c1-2-3-4-5-6-7-8-9-10-15-23(20,21)17-18(12(14)22)16-11(13)19/h15,17H,2-10H2,1H3,(H2,14,22)(H3,13,16,19). The zero-order valence-corrected chi connectivity index (χ0v) is 15.1. The fourth-order valence-corrected chi connectivity index (χ4v) is 2.86. The molecule has 11 heteroatoms. The molecule has 0 aliphatic heterocycles. The fourth-order valence-electron chi connectivity index (χ4n) is 1.85. The van der Waals surface area contributed by atoms with Crippen molar-refractivity contribution in [3.63, 3.8) is 0 Å². The maximum absolute atomic E-state index is 11.8. The van der Waals surface area contributed by atoms with Crippen molar-refractivity contribution in [3.05, 3.63) is 0 Å². The van der Waals surface area contributed by atoms with E-state index in [2.05, 4.69) is 23.9 Å². The molecule has 0 heterocycles. The molecule has 0 aliphatic rings. The summed E-state index contributed by atoms with van der Waals surface area (Å²) in [6.07, 6.45) is 8.91. The smallest absolute Gasteiger partial charge is 0.332 e. The molecule has 0 spiro atoms. The molecule has 0 radical (unpaired) electrons. The van der Waals surface area contributed by atoms with Crippen LogP contribution in [0.1, 0.15) is 58.3 Å². The Kier molecular flexibility index (Phi) is 11.7. The van der Waals surface area contributed by atoms with E-state index in [0.29, 0.717) is 5.12 Å². The van der Waals surface area contributed by atoms with Crippen LogP contribution in [0.25, 0.3) is 0 Å². The number of nitrogens with one attached hydrogen (secondary N) is 3. The molecular weight excluding hydrogens is 340 g/mol. The number of hydrogen-bond acceptors (Lipinski definition) is 4. The maximum Gasteiger partial charge on any atom is 0.332 e. The monoisotopic (exact) mass is 368 g/mol. The van der Waals surface area contributed by atoms with Gasteiger partial charge < -0.3 is 11.5 Å². The Balaban J connectivity index is 3.91. The molecule has 0 atom stereocenters. The first kappa shape index (κ1) is 21.8. The lowest BCUT2D eigenvalue weighted by atomic mass is 10.1. The number of amides is 2. The minimum atomic E-state index is -3.89. The number of carbonyl (C=O) groups excluding carboxylic acids is 1. The summed E-state index contributed by atoms with van der Waals surface area (Å²) in [5.41, 5.74) is 12.1. The summed E-state index contributed by atoms with van der Waals surface area (Å²) in [6.45, 7) is 2.46. The van der Waals surface area contributed by atoms with Crippen LogP contribution < -0.4 is 26.4 Å². The van der Waals surface area contributed by atoms with E-state index in [4.69, 9.17) is 11.5 Å². The number of carbonyl (C=O) groups is 1. The lowest BCUT2D eigenvalue weighted by molar-refractivity contribution is 0.218. The van der Waals surface area contributed by atoms with Gasteiger partial charge in [0, 0.05) is 6.54 Å². The number of nitrogens with zero attached hydrogens (tertiary/aromatic N) is 1. The topological polar surface area (TPSA) is 143 Å². The molecule has 0 bridgehead atoms. The number of rotatable bonds is 12. The first-order valence-corrected chi connectivity index (χ1v) is 9.60. The van der Waals surface area contributed by atoms with Gasteiger partial charge in [0.25, 0.3) is 10.2 Å². The van der Waals surface area contributed by atoms with E-state index in [0.717, 1.165) is 19.3 Å². The van der Waals surface area contributed by atoms with E-state index >= 15 is 0 Å². The van der Waals surface area contributed by atoms with Crippen molar-refractivity contribution in [2.24, 2.45) is 11.5 Å². The molecule has 23 heavy (non-hydrogen) atoms. The zero-order chi connectivity index (χ0) is 17.7. The first-order chi connectivity index (χ1) is 10.8. The molecule has 0 unspecified atom stereocenters. The Morgan fingerprint density at radius 1 is 1.04 bits per heavy atom. The number of thiocarbonyl (C=S) groups is 1. The van der Waals surface area contributed by atoms with Gasteiger partial charge in [-0.3, -0.25) is 0 Å². The highest BCUT2D eigenvalue weighted by molar-refractivity contribution is 7.87. The predicted molar refractivity (Wildman–Crippen MR) is 94.0 cm³/mol. The molecule has 0 aromatic rings. The number of primary amides is 1. The van der Waals surface area contributed by atoms with Crippen molar-refractivity contribution < 1.29 is 13.2 Å². The van der Waals surface area contributed by atoms with Crippen molar-refractivity contribution in [3.8, 4) is 0 Å². The van der Waals surface area contributed by atoms with Crippen LogP contribution in [0.4, 0.5) is 4.79 Å². The second kappa shape index (κ2) is 12.3. The summed E-state index contributed by atoms with van der Waals surface area (Å²) in [7, 11) is -3.89. The maximum atomic E-state index is 11.8. The predicted octanol–water partition coefficient (Wildman–Crippen LogP) is 0.595. The lowest BCUT2D eigenvalue weighted by Gasteiger charge is -2.22. The highest BCUT2D eigenvalue weighted by Gasteiger charge is 2.17. The Morgan fingerprint density at radius 3 is 2.04 bits per heavy atom. The number of unbranched alkanes of at least 4 members (excludes halogenated alkanes) is 7. The Labute approximate surface area is 143 Å². The molecule has 0 fully saturated rings. The molecule has 136 valence electrons. The molecule has 0 aromatic carbocycles. The van der Waals surface area contributed by atoms with Gasteiger partial charge in [-0.2, -0.15) is 13.5 Å². The Hall–Kier alpha value is -1.17. The molecule has 2 amide bonds. The third-order valence-electron chi connectivity index (χ3n) is 2.98. The van der Waals surface area contributed by atoms with Gasteiger partial charge in [-0.05, 0) is 18.6 Å². The summed E-state index contributed by atoms with van der Waals surface area (Å²) in [5, 5.41) is 0.175. The number of hydrazine groups is 2. The summed E-state index contributed by atoms with van der Waals surface area (Å²) >= 11 is 4.60. The van der Waals surface area contributed by atoms with Gasteiger partial charge in [0.05, 0.1) is 0 Å². The van der Waals surface area contributed by atoms with E-state index < -0.39 is 16.2 Å². The summed E-state index contributed by atoms with van der Waals surface area (Å²) in [6, 6.07) is -0.997. The average molecular weight is 369 g/mol. The number of hydrogen-bond donors (Lipinski definition) is 5. The average Bonchev–Trinajstić information content (AvgIpc) is 2.44. The van der Waals surface area contributed by atoms with Gasteiger partial charge in [0.15, 0.2) is 0 Å². The second-order valence-electron chi connectivity index (χ2n) is 5.11. The summed E-state index contributed by atoms with van der Waals surface area (Å²) < 4.78 is 25.9. The van der Waals surface area contributed by atoms with Crippen molar-refractivity contribution in [1.82, 2.24) is 20.1 Å². The lowest BCUT2D eigenvalue weighted by Crippen LogP contribution is -2.60. The first-order valence-electron chi connectivity index (χ1n) is 7.71. The van der Waals surface area contributed by atoms with Crippen LogP contribution in [0, 0.1) is 0 Å². The number of urea groups is 1. The largest absolute Gasteiger partial charge is 0.374 e. The third-order valence-corrected chi connectivity index (χ3v) is 4.17. The van der Waals surface area contributed by atoms with Crippen LogP contribution in [-0.4, -0.2) is 31.2 Å². The molecule has 0 saturated heterocycles. The van der Waals surface area contributed by atoms with Crippen LogP contribution in [0.5, 0.6) is 0 Å². The van der Waals surface area contributed by atoms with Gasteiger partial charge in [0.1, 0.15) is 0 Å². The normalized spacial score (nSPS) is 11.2. The highest BCUT2D eigenvalue weighted by Crippen LogP contribution is 2.07. The minimum absolute atomic E-state index is 0.284. The van der Waals surface area contributed by atoms with Crippen molar-refractivity contribution >= 4 is 33.6 Å². The summed E-state index contributed by atoms with van der Waals surface area (Å²) in [4.78, 5) is 12.7. The van der Waals surface area contributed by atoms with Crippen LogP contribution in [0.15, 0.2) is 0 Å². The van der Waals surface area contributed by atoms with Gasteiger partial charge >= 0.3 is 6.03 Å². The van der Waals surface area contributed by atoms with Gasteiger partial charge in [0.2, 0.25) is 5.11 Å². The van der Waals surface area contributed by atoms with E-state index in [-0.39, 0.29) is 11.7 Å². The zero-order valence-electron chi connectivity index (χ0n) is 13.5. The van der Waals surface area contributed by atoms with Crippen molar-refractivity contribution in [2.45, 2.75) is 58.3 Å². The number of nitrogens with two attached hydrogens (primary N) is 2. The van der Waals surface area contributed by atoms with Crippen LogP contribution in [0.3, 0.4) is 0 Å². The van der Waals surface area contributed by atoms with Gasteiger partial charge in [-0.25, -0.2) is 14.9 Å². The molecule has 7 N–H and O–H groups in total. The highest BCUT2D eigenvalue weighted by atomic mass is 32.2. The molecule has 0 saturated carbocycles. The van der Waals surface area contributed by atoms with Crippen LogP contribution >= 0.6 is 12.2 Å². The van der Waals surface area contributed by atoms with E-state index in [1.807, 2.05) is 10.3 Å². The summed E-state index contributed by atoms with van der Waals surface area (Å²) in [5.74, 6) is 0. The molecule has 0 aromatic heterocycles. The molecular formula is C12H28N6O3S2. The Bertz CT molecular complexity index is 458. The second-order valence-corrected chi connectivity index (χ2v) is 7.01. The van der Waals surface area contributed by atoms with Crippen molar-refractivity contribution in [2.75, 3.05) is 6.54 Å². The van der Waals surface area contributed by atoms with Gasteiger partial charge in [-0.1, -0.05) is 56.7 Å². The molecule has 0 rings (SSSR count). The third kappa shape index (κ3) is 13.0. The SMILES string of the molecule is CCCCCCCCCCNS(=O)(=O)NN(NC(N)=O)C(N)=S. The Morgan fingerprint density at radius 2 is 1.57 bits per heavy atom. The molecule has 9 nitrogen and oxygen atoms in total. The van der Waals surface area contributed by atoms with E-state index in [1.165, 1.54) is 32.1 Å². The van der Waals surface area contributed by atoms with E-state index in [9.17, 15) is 13.2 Å². The fraction of sp³-hybridized carbons (Fsp3) is 0.833. The van der Waals surface area contributed by atoms with Crippen LogP contribution in [-0.2, 0) is 10.2 Å². The quantitative estimate of drug-likeness (QED) is 0.194. The van der Waals surface area contributed by atoms with Crippen LogP contribution in [0.2, 0.25) is 0 Å². The minimum Gasteiger partial charge on any atom is -0.374 e. The van der Waals surface area contributed by atoms with Gasteiger partial charge in [-0.15, -0.1) is 0 Å². The van der Waals surface area contributed by atoms with E-state index in [1.54, 1.807) is 0 Å². The van der Waals surface area contributed by atoms with Crippen molar-refractivity contribution in [1.29, 1.82) is 0 Å².